The maximum Gasteiger partial charge on any atom is 0.252 e. The highest BCUT2D eigenvalue weighted by Crippen LogP contribution is 2.36. The number of fused-ring (bicyclic) bond motifs is 1. The molecule has 0 fully saturated rings. The summed E-state index contributed by atoms with van der Waals surface area (Å²) in [6.45, 7) is 0. The highest BCUT2D eigenvalue weighted by Gasteiger charge is 2.25. The van der Waals surface area contributed by atoms with Crippen LogP contribution in [-0.4, -0.2) is 18.1 Å². The van der Waals surface area contributed by atoms with E-state index in [1.807, 2.05) is 30.3 Å². The smallest absolute Gasteiger partial charge is 0.252 e. The van der Waals surface area contributed by atoms with E-state index < -0.39 is 6.04 Å². The first-order valence-electron chi connectivity index (χ1n) is 8.86. The van der Waals surface area contributed by atoms with E-state index >= 15 is 0 Å². The molecule has 28 heavy (non-hydrogen) atoms. The van der Waals surface area contributed by atoms with Crippen molar-refractivity contribution in [1.82, 2.24) is 5.32 Å². The Balaban J connectivity index is 1.80. The van der Waals surface area contributed by atoms with E-state index in [0.29, 0.717) is 22.6 Å². The van der Waals surface area contributed by atoms with Crippen molar-refractivity contribution in [2.24, 2.45) is 0 Å². The standard InChI is InChI=1S/C23H19NO4/c1-27-17-8-4-7-16(14-17)23(26)24-22(20-10-5-13-28-20)21-18-9-3-2-6-15(18)11-12-19(21)25/h2-14,22,25H,1H3,(H,24,26). The molecule has 4 aromatic rings. The number of amides is 1. The Labute approximate surface area is 162 Å². The summed E-state index contributed by atoms with van der Waals surface area (Å²) in [5, 5.41) is 15.4. The lowest BCUT2D eigenvalue weighted by atomic mass is 9.95. The average Bonchev–Trinajstić information content (AvgIpc) is 3.27. The zero-order valence-corrected chi connectivity index (χ0v) is 15.3. The Morgan fingerprint density at radius 1 is 1.04 bits per heavy atom. The molecule has 0 saturated heterocycles. The molecule has 2 N–H and O–H groups in total. The molecule has 0 aliphatic heterocycles. The monoisotopic (exact) mass is 373 g/mol. The number of phenols is 1. The van der Waals surface area contributed by atoms with Crippen molar-refractivity contribution in [3.05, 3.63) is 95.9 Å². The van der Waals surface area contributed by atoms with Gasteiger partial charge in [-0.15, -0.1) is 0 Å². The van der Waals surface area contributed by atoms with Crippen molar-refractivity contribution in [2.45, 2.75) is 6.04 Å². The lowest BCUT2D eigenvalue weighted by Gasteiger charge is -2.20. The molecule has 1 unspecified atom stereocenters. The number of nitrogens with one attached hydrogen (secondary N) is 1. The van der Waals surface area contributed by atoms with Crippen molar-refractivity contribution >= 4 is 16.7 Å². The lowest BCUT2D eigenvalue weighted by Crippen LogP contribution is -2.29. The number of phenolic OH excluding ortho intramolecular Hbond substituents is 1. The van der Waals surface area contributed by atoms with Crippen LogP contribution in [0.25, 0.3) is 10.8 Å². The maximum absolute atomic E-state index is 12.9. The van der Waals surface area contributed by atoms with Crippen molar-refractivity contribution < 1.29 is 19.1 Å². The number of carbonyl (C=O) groups excluding carboxylic acids is 1. The van der Waals surface area contributed by atoms with Crippen molar-refractivity contribution in [1.29, 1.82) is 0 Å². The minimum atomic E-state index is -0.653. The molecule has 1 heterocycles. The first-order valence-corrected chi connectivity index (χ1v) is 8.86. The second-order valence-electron chi connectivity index (χ2n) is 6.37. The van der Waals surface area contributed by atoms with Crippen LogP contribution in [-0.2, 0) is 0 Å². The van der Waals surface area contributed by atoms with Gasteiger partial charge in [-0.2, -0.15) is 0 Å². The zero-order valence-electron chi connectivity index (χ0n) is 15.3. The van der Waals surface area contributed by atoms with E-state index in [1.54, 1.807) is 55.8 Å². The summed E-state index contributed by atoms with van der Waals surface area (Å²) < 4.78 is 10.8. The van der Waals surface area contributed by atoms with Gasteiger partial charge in [0.25, 0.3) is 5.91 Å². The number of methoxy groups -OCH3 is 1. The Kier molecular flexibility index (Phi) is 4.72. The number of aromatic hydroxyl groups is 1. The molecular weight excluding hydrogens is 354 g/mol. The van der Waals surface area contributed by atoms with Gasteiger partial charge < -0.3 is 19.6 Å². The minimum Gasteiger partial charge on any atom is -0.508 e. The second kappa shape index (κ2) is 7.48. The van der Waals surface area contributed by atoms with Crippen LogP contribution >= 0.6 is 0 Å². The van der Waals surface area contributed by atoms with E-state index in [-0.39, 0.29) is 11.7 Å². The number of benzene rings is 3. The fraction of sp³-hybridized carbons (Fsp3) is 0.0870. The van der Waals surface area contributed by atoms with Crippen LogP contribution in [0, 0.1) is 0 Å². The summed E-state index contributed by atoms with van der Waals surface area (Å²) >= 11 is 0. The van der Waals surface area contributed by atoms with E-state index in [9.17, 15) is 9.90 Å². The van der Waals surface area contributed by atoms with Crippen LogP contribution in [0.3, 0.4) is 0 Å². The Morgan fingerprint density at radius 3 is 2.68 bits per heavy atom. The Hall–Kier alpha value is -3.73. The van der Waals surface area contributed by atoms with E-state index in [4.69, 9.17) is 9.15 Å². The molecule has 5 heteroatoms. The number of ether oxygens (including phenoxy) is 1. The third-order valence-electron chi connectivity index (χ3n) is 4.67. The Bertz CT molecular complexity index is 1120. The van der Waals surface area contributed by atoms with Gasteiger partial charge in [0.05, 0.1) is 13.4 Å². The second-order valence-corrected chi connectivity index (χ2v) is 6.37. The highest BCUT2D eigenvalue weighted by molar-refractivity contribution is 5.96. The van der Waals surface area contributed by atoms with Crippen molar-refractivity contribution in [2.75, 3.05) is 7.11 Å². The molecule has 140 valence electrons. The summed E-state index contributed by atoms with van der Waals surface area (Å²) in [5.41, 5.74) is 1.04. The van der Waals surface area contributed by atoms with Gasteiger partial charge in [0, 0.05) is 11.1 Å². The number of hydrogen-bond donors (Lipinski definition) is 2. The molecule has 0 saturated carbocycles. The maximum atomic E-state index is 12.9. The predicted molar refractivity (Wildman–Crippen MR) is 107 cm³/mol. The summed E-state index contributed by atoms with van der Waals surface area (Å²) in [6, 6.07) is 21.0. The zero-order chi connectivity index (χ0) is 19.5. The summed E-state index contributed by atoms with van der Waals surface area (Å²) in [5.74, 6) is 0.914. The van der Waals surface area contributed by atoms with Gasteiger partial charge in [-0.25, -0.2) is 0 Å². The van der Waals surface area contributed by atoms with Crippen LogP contribution in [0.5, 0.6) is 11.5 Å². The largest absolute Gasteiger partial charge is 0.508 e. The molecule has 5 nitrogen and oxygen atoms in total. The molecule has 0 aliphatic rings. The molecule has 0 bridgehead atoms. The van der Waals surface area contributed by atoms with E-state index in [0.717, 1.165) is 10.8 Å². The summed E-state index contributed by atoms with van der Waals surface area (Å²) in [6.07, 6.45) is 1.54. The van der Waals surface area contributed by atoms with Gasteiger partial charge in [0.1, 0.15) is 23.3 Å². The van der Waals surface area contributed by atoms with Gasteiger partial charge in [-0.3, -0.25) is 4.79 Å². The fourth-order valence-electron chi connectivity index (χ4n) is 3.31. The SMILES string of the molecule is COc1cccc(C(=O)NC(c2ccco2)c2c(O)ccc3ccccc23)c1. The first kappa shape index (κ1) is 17.7. The third-order valence-corrected chi connectivity index (χ3v) is 4.67. The van der Waals surface area contributed by atoms with E-state index in [2.05, 4.69) is 5.32 Å². The predicted octanol–water partition coefficient (Wildman–Crippen LogP) is 4.67. The number of rotatable bonds is 5. The number of hydrogen-bond acceptors (Lipinski definition) is 4. The molecule has 1 atom stereocenters. The highest BCUT2D eigenvalue weighted by atomic mass is 16.5. The molecule has 0 aliphatic carbocycles. The van der Waals surface area contributed by atoms with E-state index in [1.165, 1.54) is 0 Å². The van der Waals surface area contributed by atoms with Crippen molar-refractivity contribution in [3.8, 4) is 11.5 Å². The molecular formula is C23H19NO4. The number of carbonyl (C=O) groups is 1. The topological polar surface area (TPSA) is 71.7 Å². The fourth-order valence-corrected chi connectivity index (χ4v) is 3.31. The summed E-state index contributed by atoms with van der Waals surface area (Å²) in [7, 11) is 1.55. The van der Waals surface area contributed by atoms with Gasteiger partial charge in [0.15, 0.2) is 0 Å². The van der Waals surface area contributed by atoms with Gasteiger partial charge >= 0.3 is 0 Å². The number of furan rings is 1. The van der Waals surface area contributed by atoms with Gasteiger partial charge in [-0.05, 0) is 47.2 Å². The normalized spacial score (nSPS) is 11.9. The molecule has 1 aromatic heterocycles. The third kappa shape index (κ3) is 3.30. The van der Waals surface area contributed by atoms with Crippen LogP contribution in [0.2, 0.25) is 0 Å². The molecule has 3 aromatic carbocycles. The molecule has 0 radical (unpaired) electrons. The average molecular weight is 373 g/mol. The van der Waals surface area contributed by atoms with Crippen molar-refractivity contribution in [3.63, 3.8) is 0 Å². The van der Waals surface area contributed by atoms with Gasteiger partial charge in [0.2, 0.25) is 0 Å². The quantitative estimate of drug-likeness (QED) is 0.533. The van der Waals surface area contributed by atoms with Gasteiger partial charge in [-0.1, -0.05) is 36.4 Å². The Morgan fingerprint density at radius 2 is 1.89 bits per heavy atom. The summed E-state index contributed by atoms with van der Waals surface area (Å²) in [4.78, 5) is 12.9. The van der Waals surface area contributed by atoms with Crippen LogP contribution in [0.1, 0.15) is 27.7 Å². The molecule has 4 rings (SSSR count). The van der Waals surface area contributed by atoms with Crippen LogP contribution in [0.15, 0.2) is 83.5 Å². The van der Waals surface area contributed by atoms with Crippen LogP contribution < -0.4 is 10.1 Å². The lowest BCUT2D eigenvalue weighted by molar-refractivity contribution is 0.0938. The first-order chi connectivity index (χ1) is 13.7. The molecule has 0 spiro atoms. The molecule has 1 amide bonds. The minimum absolute atomic E-state index is 0.0889. The van der Waals surface area contributed by atoms with Crippen LogP contribution in [0.4, 0.5) is 0 Å².